The maximum Gasteiger partial charge on any atom is 0.345 e. The van der Waals surface area contributed by atoms with E-state index in [1.54, 1.807) is 54.6 Å². The average Bonchev–Trinajstić information content (AvgIpc) is 2.78. The van der Waals surface area contributed by atoms with Gasteiger partial charge in [0.05, 0.1) is 23.9 Å². The molecule has 0 saturated heterocycles. The molecule has 164 valence electrons. The summed E-state index contributed by atoms with van der Waals surface area (Å²) in [5.41, 5.74) is 3.16. The van der Waals surface area contributed by atoms with Crippen molar-refractivity contribution in [2.75, 3.05) is 13.7 Å². The summed E-state index contributed by atoms with van der Waals surface area (Å²) in [6.45, 7) is -0.239. The van der Waals surface area contributed by atoms with Gasteiger partial charge in [-0.1, -0.05) is 47.5 Å². The van der Waals surface area contributed by atoms with Gasteiger partial charge < -0.3 is 14.2 Å². The molecule has 0 radical (unpaired) electrons. The van der Waals surface area contributed by atoms with E-state index in [1.165, 1.54) is 25.5 Å². The fourth-order valence-electron chi connectivity index (χ4n) is 2.57. The van der Waals surface area contributed by atoms with Crippen LogP contribution in [0.25, 0.3) is 0 Å². The lowest BCUT2D eigenvalue weighted by Crippen LogP contribution is -2.24. The normalized spacial score (nSPS) is 10.6. The predicted molar refractivity (Wildman–Crippen MR) is 122 cm³/mol. The van der Waals surface area contributed by atoms with Crippen LogP contribution in [0.5, 0.6) is 17.2 Å². The Labute approximate surface area is 194 Å². The summed E-state index contributed by atoms with van der Waals surface area (Å²) in [6.07, 6.45) is 1.41. The minimum Gasteiger partial charge on any atom is -0.493 e. The van der Waals surface area contributed by atoms with Crippen LogP contribution >= 0.6 is 23.2 Å². The third-order valence-electron chi connectivity index (χ3n) is 4.05. The number of hydrazone groups is 1. The largest absolute Gasteiger partial charge is 0.493 e. The molecule has 3 rings (SSSR count). The molecular weight excluding hydrogens is 455 g/mol. The minimum atomic E-state index is -0.623. The van der Waals surface area contributed by atoms with Crippen LogP contribution in [-0.4, -0.2) is 31.8 Å². The van der Waals surface area contributed by atoms with Crippen molar-refractivity contribution in [2.24, 2.45) is 5.10 Å². The van der Waals surface area contributed by atoms with Gasteiger partial charge in [0.2, 0.25) is 0 Å². The zero-order valence-electron chi connectivity index (χ0n) is 16.9. The van der Waals surface area contributed by atoms with E-state index in [4.69, 9.17) is 37.4 Å². The van der Waals surface area contributed by atoms with E-state index in [-0.39, 0.29) is 22.9 Å². The number of rotatable bonds is 8. The number of esters is 1. The molecule has 1 amide bonds. The quantitative estimate of drug-likeness (QED) is 0.221. The molecule has 0 bridgehead atoms. The Kier molecular flexibility index (Phi) is 8.08. The Morgan fingerprint density at radius 2 is 1.78 bits per heavy atom. The van der Waals surface area contributed by atoms with Gasteiger partial charge in [-0.05, 0) is 48.0 Å². The maximum atomic E-state index is 12.3. The Bertz CT molecular complexity index is 1150. The number of carbonyl (C=O) groups excluding carboxylic acids is 2. The highest BCUT2D eigenvalue weighted by molar-refractivity contribution is 6.36. The highest BCUT2D eigenvalue weighted by atomic mass is 35.5. The van der Waals surface area contributed by atoms with Gasteiger partial charge in [0.25, 0.3) is 5.91 Å². The fourth-order valence-corrected chi connectivity index (χ4v) is 3.05. The second-order valence-corrected chi connectivity index (χ2v) is 7.16. The van der Waals surface area contributed by atoms with Crippen LogP contribution in [0.15, 0.2) is 71.8 Å². The highest BCUT2D eigenvalue weighted by Crippen LogP contribution is 2.25. The molecule has 0 unspecified atom stereocenters. The number of amides is 1. The third-order valence-corrected chi connectivity index (χ3v) is 4.60. The first-order chi connectivity index (χ1) is 15.5. The zero-order valence-corrected chi connectivity index (χ0v) is 18.4. The highest BCUT2D eigenvalue weighted by Gasteiger charge is 2.13. The Morgan fingerprint density at radius 1 is 1.00 bits per heavy atom. The number of para-hydroxylation sites is 2. The van der Waals surface area contributed by atoms with Crippen molar-refractivity contribution in [1.29, 1.82) is 0 Å². The molecule has 0 fully saturated rings. The lowest BCUT2D eigenvalue weighted by atomic mass is 10.2. The van der Waals surface area contributed by atoms with Crippen molar-refractivity contribution in [1.82, 2.24) is 5.43 Å². The van der Waals surface area contributed by atoms with Gasteiger partial charge in [-0.2, -0.15) is 5.10 Å². The molecule has 32 heavy (non-hydrogen) atoms. The van der Waals surface area contributed by atoms with Crippen molar-refractivity contribution >= 4 is 41.3 Å². The number of halogens is 2. The Morgan fingerprint density at radius 3 is 2.53 bits per heavy atom. The number of hydrogen-bond donors (Lipinski definition) is 1. The minimum absolute atomic E-state index is 0.192. The van der Waals surface area contributed by atoms with E-state index in [0.29, 0.717) is 22.1 Å². The van der Waals surface area contributed by atoms with Crippen LogP contribution < -0.4 is 19.6 Å². The maximum absolute atomic E-state index is 12.3. The fraction of sp³-hybridized carbons (Fsp3) is 0.0870. The van der Waals surface area contributed by atoms with E-state index in [1.807, 2.05) is 0 Å². The number of nitrogens with one attached hydrogen (secondary N) is 1. The molecule has 0 aromatic heterocycles. The van der Waals surface area contributed by atoms with E-state index < -0.39 is 11.9 Å². The van der Waals surface area contributed by atoms with Crippen molar-refractivity contribution in [2.45, 2.75) is 0 Å². The molecule has 0 aliphatic heterocycles. The number of ether oxygens (including phenoxy) is 3. The molecule has 9 heteroatoms. The van der Waals surface area contributed by atoms with Crippen LogP contribution in [0, 0.1) is 0 Å². The second kappa shape index (κ2) is 11.2. The second-order valence-electron chi connectivity index (χ2n) is 6.32. The molecule has 0 saturated carbocycles. The molecule has 1 N–H and O–H groups in total. The van der Waals surface area contributed by atoms with Crippen LogP contribution in [-0.2, 0) is 4.79 Å². The van der Waals surface area contributed by atoms with Crippen LogP contribution in [0.1, 0.15) is 15.9 Å². The standard InChI is InChI=1S/C23H18Cl2N2O5/c1-30-20-7-2-3-8-21(20)31-14-22(28)27-26-13-15-5-4-6-17(11-15)32-23(29)18-10-9-16(24)12-19(18)25/h2-13H,14H2,1H3,(H,27,28)/b26-13+. The number of nitrogens with zero attached hydrogens (tertiary/aromatic N) is 1. The van der Waals surface area contributed by atoms with Crippen molar-refractivity contribution in [3.8, 4) is 17.2 Å². The van der Waals surface area contributed by atoms with Gasteiger partial charge in [0, 0.05) is 5.02 Å². The lowest BCUT2D eigenvalue weighted by molar-refractivity contribution is -0.123. The molecule has 3 aromatic carbocycles. The molecule has 0 spiro atoms. The first kappa shape index (κ1) is 23.1. The molecular formula is C23H18Cl2N2O5. The molecule has 0 atom stereocenters. The smallest absolute Gasteiger partial charge is 0.345 e. The topological polar surface area (TPSA) is 86.2 Å². The zero-order chi connectivity index (χ0) is 22.9. The molecule has 0 aliphatic carbocycles. The summed E-state index contributed by atoms with van der Waals surface area (Å²) in [7, 11) is 1.52. The summed E-state index contributed by atoms with van der Waals surface area (Å²) in [5.74, 6) is 0.185. The molecule has 7 nitrogen and oxygen atoms in total. The van der Waals surface area contributed by atoms with E-state index in [2.05, 4.69) is 10.5 Å². The van der Waals surface area contributed by atoms with Crippen LogP contribution in [0.4, 0.5) is 0 Å². The van der Waals surface area contributed by atoms with Crippen LogP contribution in [0.2, 0.25) is 10.0 Å². The first-order valence-corrected chi connectivity index (χ1v) is 10.1. The third kappa shape index (κ3) is 6.47. The van der Waals surface area contributed by atoms with Crippen molar-refractivity contribution in [3.05, 3.63) is 87.9 Å². The van der Waals surface area contributed by atoms with Gasteiger partial charge in [-0.25, -0.2) is 10.2 Å². The molecule has 0 heterocycles. The van der Waals surface area contributed by atoms with Crippen molar-refractivity contribution in [3.63, 3.8) is 0 Å². The van der Waals surface area contributed by atoms with E-state index in [0.717, 1.165) is 0 Å². The SMILES string of the molecule is COc1ccccc1OCC(=O)N/N=C/c1cccc(OC(=O)c2ccc(Cl)cc2Cl)c1. The summed E-state index contributed by atoms with van der Waals surface area (Å²) in [6, 6.07) is 18.1. The van der Waals surface area contributed by atoms with Crippen LogP contribution in [0.3, 0.4) is 0 Å². The van der Waals surface area contributed by atoms with Crippen molar-refractivity contribution < 1.29 is 23.8 Å². The van der Waals surface area contributed by atoms with Gasteiger partial charge in [-0.3, -0.25) is 4.79 Å². The summed E-state index contributed by atoms with van der Waals surface area (Å²) < 4.78 is 15.9. The van der Waals surface area contributed by atoms with E-state index in [9.17, 15) is 9.59 Å². The van der Waals surface area contributed by atoms with Gasteiger partial charge in [-0.15, -0.1) is 0 Å². The monoisotopic (exact) mass is 472 g/mol. The Hall–Kier alpha value is -3.55. The summed E-state index contributed by atoms with van der Waals surface area (Å²) in [4.78, 5) is 24.3. The van der Waals surface area contributed by atoms with Gasteiger partial charge in [0.1, 0.15) is 5.75 Å². The number of hydrogen-bond acceptors (Lipinski definition) is 6. The average molecular weight is 473 g/mol. The lowest BCUT2D eigenvalue weighted by Gasteiger charge is -2.09. The van der Waals surface area contributed by atoms with Gasteiger partial charge >= 0.3 is 5.97 Å². The molecule has 3 aromatic rings. The number of benzene rings is 3. The van der Waals surface area contributed by atoms with E-state index >= 15 is 0 Å². The Balaban J connectivity index is 1.54. The first-order valence-electron chi connectivity index (χ1n) is 9.31. The predicted octanol–water partition coefficient (Wildman–Crippen LogP) is 4.75. The van der Waals surface area contributed by atoms with Gasteiger partial charge in [0.15, 0.2) is 18.1 Å². The summed E-state index contributed by atoms with van der Waals surface area (Å²) >= 11 is 11.9. The number of carbonyl (C=O) groups is 2. The number of methoxy groups -OCH3 is 1. The molecule has 0 aliphatic rings. The summed E-state index contributed by atoms with van der Waals surface area (Å²) in [5, 5.41) is 4.50.